The van der Waals surface area contributed by atoms with Gasteiger partial charge in [0.25, 0.3) is 0 Å². The van der Waals surface area contributed by atoms with E-state index in [4.69, 9.17) is 9.47 Å². The number of hydrogen-bond donors (Lipinski definition) is 0. The summed E-state index contributed by atoms with van der Waals surface area (Å²) in [4.78, 5) is 17.2. The summed E-state index contributed by atoms with van der Waals surface area (Å²) in [5, 5.41) is 10.3. The monoisotopic (exact) mass is 453 g/mol. The number of piperazine rings is 1. The van der Waals surface area contributed by atoms with Crippen molar-refractivity contribution < 1.29 is 14.3 Å². The summed E-state index contributed by atoms with van der Waals surface area (Å²) >= 11 is 0. The average Bonchev–Trinajstić information content (AvgIpc) is 3.62. The van der Waals surface area contributed by atoms with Crippen molar-refractivity contribution >= 4 is 11.6 Å². The molecule has 2 aliphatic heterocycles. The molecule has 1 aromatic rings. The summed E-state index contributed by atoms with van der Waals surface area (Å²) in [5.41, 5.74) is 5.40. The van der Waals surface area contributed by atoms with Crippen LogP contribution in [0.3, 0.4) is 0 Å². The predicted molar refractivity (Wildman–Crippen MR) is 129 cm³/mol. The Bertz CT molecular complexity index is 930. The first-order valence-corrected chi connectivity index (χ1v) is 12.6. The van der Waals surface area contributed by atoms with Crippen LogP contribution in [0.1, 0.15) is 82.1 Å². The van der Waals surface area contributed by atoms with Crippen molar-refractivity contribution in [2.24, 2.45) is 5.92 Å². The van der Waals surface area contributed by atoms with Gasteiger partial charge in [-0.25, -0.2) is 0 Å². The molecule has 0 bridgehead atoms. The van der Waals surface area contributed by atoms with Gasteiger partial charge in [0.2, 0.25) is 5.91 Å². The first-order valence-electron chi connectivity index (χ1n) is 12.6. The fourth-order valence-electron chi connectivity index (χ4n) is 5.32. The molecule has 1 saturated carbocycles. The van der Waals surface area contributed by atoms with Gasteiger partial charge in [-0.15, -0.1) is 0 Å². The quantitative estimate of drug-likeness (QED) is 0.573. The average molecular weight is 454 g/mol. The highest BCUT2D eigenvalue weighted by Gasteiger charge is 2.38. The third-order valence-corrected chi connectivity index (χ3v) is 7.32. The lowest BCUT2D eigenvalue weighted by atomic mass is 9.83. The smallest absolute Gasteiger partial charge is 0.248 e. The van der Waals surface area contributed by atoms with E-state index in [9.17, 15) is 10.1 Å². The number of carbonyl (C=O) groups excluding carboxylic acids is 1. The van der Waals surface area contributed by atoms with Gasteiger partial charge in [-0.05, 0) is 67.7 Å². The highest BCUT2D eigenvalue weighted by molar-refractivity contribution is 5.78. The van der Waals surface area contributed by atoms with Crippen LogP contribution in [0.2, 0.25) is 0 Å². The van der Waals surface area contributed by atoms with Crippen molar-refractivity contribution in [1.29, 1.82) is 5.26 Å². The fourth-order valence-corrected chi connectivity index (χ4v) is 5.32. The van der Waals surface area contributed by atoms with Crippen LogP contribution in [0.5, 0.6) is 0 Å². The Morgan fingerprint density at radius 1 is 1.30 bits per heavy atom. The van der Waals surface area contributed by atoms with Gasteiger partial charge in [-0.3, -0.25) is 4.79 Å². The molecule has 1 atom stereocenters. The van der Waals surface area contributed by atoms with Crippen LogP contribution in [-0.2, 0) is 27.3 Å². The number of hydrogen-bond acceptors (Lipinski definition) is 5. The third kappa shape index (κ3) is 5.05. The van der Waals surface area contributed by atoms with E-state index >= 15 is 0 Å². The minimum absolute atomic E-state index is 0.0744. The van der Waals surface area contributed by atoms with Crippen LogP contribution in [-0.4, -0.2) is 55.3 Å². The number of amides is 1. The van der Waals surface area contributed by atoms with E-state index in [0.717, 1.165) is 37.2 Å². The van der Waals surface area contributed by atoms with Crippen molar-refractivity contribution in [2.75, 3.05) is 37.7 Å². The van der Waals surface area contributed by atoms with Crippen molar-refractivity contribution in [3.8, 4) is 6.07 Å². The van der Waals surface area contributed by atoms with E-state index in [1.165, 1.54) is 29.5 Å². The van der Waals surface area contributed by atoms with Gasteiger partial charge in [0.1, 0.15) is 12.7 Å². The van der Waals surface area contributed by atoms with Gasteiger partial charge in [0.15, 0.2) is 0 Å². The predicted octanol–water partition coefficient (Wildman–Crippen LogP) is 4.39. The lowest BCUT2D eigenvalue weighted by Gasteiger charge is -2.45. The van der Waals surface area contributed by atoms with E-state index < -0.39 is 0 Å². The number of nitriles is 1. The lowest BCUT2D eigenvalue weighted by molar-refractivity contribution is -0.140. The fraction of sp³-hybridized carbons (Fsp3) is 0.704. The largest absolute Gasteiger partial charge is 0.372 e. The van der Waals surface area contributed by atoms with Crippen molar-refractivity contribution in [3.63, 3.8) is 0 Å². The maximum atomic E-state index is 12.9. The van der Waals surface area contributed by atoms with Crippen LogP contribution in [0.15, 0.2) is 6.07 Å². The number of fused-ring (bicyclic) bond motifs is 1. The van der Waals surface area contributed by atoms with Gasteiger partial charge in [0.05, 0.1) is 29.5 Å². The van der Waals surface area contributed by atoms with Gasteiger partial charge in [-0.1, -0.05) is 20.8 Å². The van der Waals surface area contributed by atoms with Crippen LogP contribution in [0, 0.1) is 17.2 Å². The maximum Gasteiger partial charge on any atom is 0.248 e. The summed E-state index contributed by atoms with van der Waals surface area (Å²) in [7, 11) is 0. The summed E-state index contributed by atoms with van der Waals surface area (Å²) in [6, 6.07) is 4.93. The number of rotatable bonds is 7. The number of benzene rings is 1. The Kier molecular flexibility index (Phi) is 7.02. The van der Waals surface area contributed by atoms with Crippen molar-refractivity contribution in [3.05, 3.63) is 28.3 Å². The van der Waals surface area contributed by atoms with Crippen LogP contribution in [0.4, 0.5) is 5.69 Å². The molecule has 1 saturated heterocycles. The first kappa shape index (κ1) is 24.0. The number of nitrogens with zero attached hydrogens (tertiary/aromatic N) is 3. The SMILES string of the molecule is CCCOCC(=O)N1CCN(c2cc(C3CC3)c3c(c2C#N)CC(C)(C)OC3)C[C@H]1C(C)C. The molecule has 0 N–H and O–H groups in total. The molecule has 2 fully saturated rings. The molecule has 6 heteroatoms. The van der Waals surface area contributed by atoms with Crippen LogP contribution < -0.4 is 4.90 Å². The number of ether oxygens (including phenoxy) is 2. The summed E-state index contributed by atoms with van der Waals surface area (Å²) in [5.74, 6) is 0.987. The Morgan fingerprint density at radius 2 is 2.06 bits per heavy atom. The molecule has 3 aliphatic rings. The summed E-state index contributed by atoms with van der Waals surface area (Å²) in [6.45, 7) is 14.1. The second-order valence-corrected chi connectivity index (χ2v) is 10.8. The molecule has 33 heavy (non-hydrogen) atoms. The molecule has 0 aromatic heterocycles. The molecular formula is C27H39N3O3. The Hall–Kier alpha value is -2.10. The molecule has 0 unspecified atom stereocenters. The molecule has 0 spiro atoms. The minimum Gasteiger partial charge on any atom is -0.372 e. The molecule has 180 valence electrons. The number of carbonyl (C=O) groups is 1. The summed E-state index contributed by atoms with van der Waals surface area (Å²) < 4.78 is 11.7. The Morgan fingerprint density at radius 3 is 2.70 bits per heavy atom. The molecule has 1 amide bonds. The molecule has 6 nitrogen and oxygen atoms in total. The minimum atomic E-state index is -0.262. The standard InChI is InChI=1S/C27H39N3O3/c1-6-11-32-17-26(31)30-10-9-29(15-25(30)18(2)3)24-12-20(19-7-8-19)23-16-33-27(4,5)13-21(23)22(24)14-28/h12,18-19,25H,6-11,13,15-17H2,1-5H3/t25-/m0/s1. The van der Waals surface area contributed by atoms with Gasteiger partial charge < -0.3 is 19.3 Å². The molecule has 1 aliphatic carbocycles. The Balaban J connectivity index is 1.65. The zero-order chi connectivity index (χ0) is 23.8. The van der Waals surface area contributed by atoms with Crippen molar-refractivity contribution in [2.45, 2.75) is 84.5 Å². The first-order chi connectivity index (χ1) is 15.8. The molecule has 2 heterocycles. The van der Waals surface area contributed by atoms with Crippen molar-refractivity contribution in [1.82, 2.24) is 4.90 Å². The Labute approximate surface area is 198 Å². The zero-order valence-corrected chi connectivity index (χ0v) is 20.9. The molecule has 0 radical (unpaired) electrons. The number of anilines is 1. The van der Waals surface area contributed by atoms with Crippen LogP contribution >= 0.6 is 0 Å². The topological polar surface area (TPSA) is 65.8 Å². The molecule has 4 rings (SSSR count). The second kappa shape index (κ2) is 9.64. The summed E-state index contributed by atoms with van der Waals surface area (Å²) in [6.07, 6.45) is 4.11. The van der Waals surface area contributed by atoms with E-state index in [1.54, 1.807) is 0 Å². The second-order valence-electron chi connectivity index (χ2n) is 10.8. The zero-order valence-electron chi connectivity index (χ0n) is 20.9. The maximum absolute atomic E-state index is 12.9. The van der Waals surface area contributed by atoms with E-state index in [0.29, 0.717) is 31.6 Å². The third-order valence-electron chi connectivity index (χ3n) is 7.32. The van der Waals surface area contributed by atoms with Gasteiger partial charge in [0, 0.05) is 32.7 Å². The van der Waals surface area contributed by atoms with E-state index in [1.807, 2.05) is 4.90 Å². The van der Waals surface area contributed by atoms with E-state index in [-0.39, 0.29) is 24.2 Å². The lowest BCUT2D eigenvalue weighted by Crippen LogP contribution is -2.58. The van der Waals surface area contributed by atoms with Crippen LogP contribution in [0.25, 0.3) is 0 Å². The van der Waals surface area contributed by atoms with E-state index in [2.05, 4.69) is 51.7 Å². The van der Waals surface area contributed by atoms with Gasteiger partial charge >= 0.3 is 0 Å². The molecular weight excluding hydrogens is 414 g/mol. The highest BCUT2D eigenvalue weighted by Crippen LogP contribution is 2.47. The highest BCUT2D eigenvalue weighted by atomic mass is 16.5. The normalized spacial score (nSPS) is 22.3. The molecule has 1 aromatic carbocycles. The van der Waals surface area contributed by atoms with Gasteiger partial charge in [-0.2, -0.15) is 5.26 Å².